The van der Waals surface area contributed by atoms with E-state index in [9.17, 15) is 4.79 Å². The molecule has 0 saturated heterocycles. The van der Waals surface area contributed by atoms with E-state index in [1.807, 2.05) is 43.3 Å². The minimum absolute atomic E-state index is 0.0721. The number of carbonyl (C=O) groups is 1. The van der Waals surface area contributed by atoms with E-state index < -0.39 is 0 Å². The maximum absolute atomic E-state index is 12.6. The van der Waals surface area contributed by atoms with Crippen molar-refractivity contribution in [3.05, 3.63) is 65.2 Å². The number of amides is 1. The number of hydrogen-bond acceptors (Lipinski definition) is 4. The topological polar surface area (TPSA) is 56.8 Å². The number of ether oxygens (including phenoxy) is 3. The third kappa shape index (κ3) is 6.28. The van der Waals surface area contributed by atoms with Crippen molar-refractivity contribution in [1.82, 2.24) is 5.32 Å². The molecule has 1 aliphatic rings. The Morgan fingerprint density at radius 1 is 1.07 bits per heavy atom. The molecule has 2 aromatic carbocycles. The molecule has 1 N–H and O–H groups in total. The predicted octanol–water partition coefficient (Wildman–Crippen LogP) is 5.29. The largest absolute Gasteiger partial charge is 0.497 e. The fourth-order valence-electron chi connectivity index (χ4n) is 3.55. The highest BCUT2D eigenvalue weighted by Gasteiger charge is 2.12. The molecule has 1 amide bonds. The van der Waals surface area contributed by atoms with Gasteiger partial charge in [-0.2, -0.15) is 0 Å². The first-order valence-corrected chi connectivity index (χ1v) is 10.7. The Morgan fingerprint density at radius 3 is 2.70 bits per heavy atom. The number of nitrogens with one attached hydrogen (secondary N) is 1. The molecule has 0 aromatic heterocycles. The highest BCUT2D eigenvalue weighted by atomic mass is 16.5. The number of benzene rings is 2. The van der Waals surface area contributed by atoms with Crippen LogP contribution >= 0.6 is 0 Å². The maximum Gasteiger partial charge on any atom is 0.251 e. The molecule has 0 bridgehead atoms. The summed E-state index contributed by atoms with van der Waals surface area (Å²) < 4.78 is 16.9. The van der Waals surface area contributed by atoms with Crippen molar-refractivity contribution in [3.63, 3.8) is 0 Å². The van der Waals surface area contributed by atoms with Crippen LogP contribution in [-0.4, -0.2) is 26.2 Å². The van der Waals surface area contributed by atoms with Crippen LogP contribution in [0.25, 0.3) is 0 Å². The summed E-state index contributed by atoms with van der Waals surface area (Å²) in [6.07, 6.45) is 8.11. The average molecular weight is 410 g/mol. The lowest BCUT2D eigenvalue weighted by molar-refractivity contribution is 0.0954. The van der Waals surface area contributed by atoms with Crippen molar-refractivity contribution in [3.8, 4) is 17.2 Å². The van der Waals surface area contributed by atoms with Crippen molar-refractivity contribution in [2.45, 2.75) is 45.6 Å². The molecular weight excluding hydrogens is 378 g/mol. The maximum atomic E-state index is 12.6. The summed E-state index contributed by atoms with van der Waals surface area (Å²) in [7, 11) is 1.62. The fourth-order valence-corrected chi connectivity index (χ4v) is 3.55. The molecule has 0 unspecified atom stereocenters. The molecular formula is C25H31NO4. The Hall–Kier alpha value is -2.95. The van der Waals surface area contributed by atoms with Crippen LogP contribution in [0.2, 0.25) is 0 Å². The second kappa shape index (κ2) is 11.3. The van der Waals surface area contributed by atoms with Crippen LogP contribution in [0.3, 0.4) is 0 Å². The van der Waals surface area contributed by atoms with Crippen LogP contribution in [0.1, 0.15) is 54.9 Å². The number of methoxy groups -OCH3 is 1. The highest BCUT2D eigenvalue weighted by molar-refractivity contribution is 5.94. The van der Waals surface area contributed by atoms with E-state index >= 15 is 0 Å². The Morgan fingerprint density at radius 2 is 1.93 bits per heavy atom. The van der Waals surface area contributed by atoms with Gasteiger partial charge in [0, 0.05) is 23.7 Å². The van der Waals surface area contributed by atoms with Gasteiger partial charge in [0.25, 0.3) is 5.91 Å². The van der Waals surface area contributed by atoms with E-state index in [4.69, 9.17) is 14.2 Å². The summed E-state index contributed by atoms with van der Waals surface area (Å²) in [4.78, 5) is 12.6. The van der Waals surface area contributed by atoms with Gasteiger partial charge in [-0.3, -0.25) is 4.79 Å². The van der Waals surface area contributed by atoms with Crippen LogP contribution < -0.4 is 19.5 Å². The standard InChI is InChI=1S/C25H31NO4/c1-3-29-24-13-12-20(25(27)26-15-14-19-8-5-4-6-9-19)16-21(24)18-30-23-11-7-10-22(17-23)28-2/h7-8,10-13,16-17H,3-6,9,14-15,18H2,1-2H3,(H,26,27). The lowest BCUT2D eigenvalue weighted by atomic mass is 9.97. The quantitative estimate of drug-likeness (QED) is 0.542. The molecule has 5 nitrogen and oxygen atoms in total. The number of rotatable bonds is 10. The number of allylic oxidation sites excluding steroid dienone is 1. The second-order valence-electron chi connectivity index (χ2n) is 7.34. The molecule has 0 saturated carbocycles. The third-order valence-corrected chi connectivity index (χ3v) is 5.17. The molecule has 160 valence electrons. The van der Waals surface area contributed by atoms with Crippen LogP contribution in [0.4, 0.5) is 0 Å². The summed E-state index contributed by atoms with van der Waals surface area (Å²) in [6.45, 7) is 3.45. The molecule has 0 aliphatic heterocycles. The highest BCUT2D eigenvalue weighted by Crippen LogP contribution is 2.25. The molecule has 2 aromatic rings. The van der Waals surface area contributed by atoms with Gasteiger partial charge in [-0.15, -0.1) is 0 Å². The van der Waals surface area contributed by atoms with Gasteiger partial charge in [-0.1, -0.05) is 17.7 Å². The number of carbonyl (C=O) groups excluding carboxylic acids is 1. The lowest BCUT2D eigenvalue weighted by Crippen LogP contribution is -2.25. The van der Waals surface area contributed by atoms with E-state index in [1.54, 1.807) is 13.2 Å². The summed E-state index contributed by atoms with van der Waals surface area (Å²) in [5, 5.41) is 3.04. The van der Waals surface area contributed by atoms with Crippen molar-refractivity contribution < 1.29 is 19.0 Å². The summed E-state index contributed by atoms with van der Waals surface area (Å²) in [5.41, 5.74) is 2.91. The first-order valence-electron chi connectivity index (χ1n) is 10.7. The second-order valence-corrected chi connectivity index (χ2v) is 7.34. The first kappa shape index (κ1) is 21.8. The summed E-state index contributed by atoms with van der Waals surface area (Å²) in [6, 6.07) is 12.9. The van der Waals surface area contributed by atoms with E-state index in [0.717, 1.165) is 29.9 Å². The van der Waals surface area contributed by atoms with Crippen LogP contribution in [-0.2, 0) is 6.61 Å². The lowest BCUT2D eigenvalue weighted by Gasteiger charge is -2.15. The van der Waals surface area contributed by atoms with E-state index in [0.29, 0.717) is 31.1 Å². The zero-order chi connectivity index (χ0) is 21.2. The molecule has 0 heterocycles. The Bertz CT molecular complexity index is 875. The Labute approximate surface area is 179 Å². The summed E-state index contributed by atoms with van der Waals surface area (Å²) >= 11 is 0. The minimum atomic E-state index is -0.0721. The molecule has 0 atom stereocenters. The van der Waals surface area contributed by atoms with Crippen LogP contribution in [0, 0.1) is 0 Å². The van der Waals surface area contributed by atoms with Gasteiger partial charge < -0.3 is 19.5 Å². The van der Waals surface area contributed by atoms with Gasteiger partial charge >= 0.3 is 0 Å². The Balaban J connectivity index is 1.63. The van der Waals surface area contributed by atoms with Gasteiger partial charge in [-0.25, -0.2) is 0 Å². The molecule has 0 spiro atoms. The predicted molar refractivity (Wildman–Crippen MR) is 118 cm³/mol. The zero-order valence-corrected chi connectivity index (χ0v) is 17.9. The smallest absolute Gasteiger partial charge is 0.251 e. The van der Waals surface area contributed by atoms with E-state index in [1.165, 1.54) is 24.8 Å². The van der Waals surface area contributed by atoms with Gasteiger partial charge in [0.05, 0.1) is 13.7 Å². The SMILES string of the molecule is CCOc1ccc(C(=O)NCCC2=CCCCC2)cc1COc1cccc(OC)c1. The van der Waals surface area contributed by atoms with Gasteiger partial charge in [0.15, 0.2) is 0 Å². The molecule has 0 fully saturated rings. The molecule has 5 heteroatoms. The number of hydrogen-bond donors (Lipinski definition) is 1. The van der Waals surface area contributed by atoms with Gasteiger partial charge in [0.1, 0.15) is 23.9 Å². The van der Waals surface area contributed by atoms with Gasteiger partial charge in [0.2, 0.25) is 0 Å². The molecule has 30 heavy (non-hydrogen) atoms. The molecule has 3 rings (SSSR count). The van der Waals surface area contributed by atoms with Gasteiger partial charge in [-0.05, 0) is 69.4 Å². The van der Waals surface area contributed by atoms with Crippen molar-refractivity contribution in [2.24, 2.45) is 0 Å². The van der Waals surface area contributed by atoms with E-state index in [2.05, 4.69) is 11.4 Å². The minimum Gasteiger partial charge on any atom is -0.497 e. The monoisotopic (exact) mass is 409 g/mol. The molecule has 1 aliphatic carbocycles. The fraction of sp³-hybridized carbons (Fsp3) is 0.400. The summed E-state index contributed by atoms with van der Waals surface area (Å²) in [5.74, 6) is 2.09. The molecule has 0 radical (unpaired) electrons. The van der Waals surface area contributed by atoms with Crippen molar-refractivity contribution in [1.29, 1.82) is 0 Å². The van der Waals surface area contributed by atoms with E-state index in [-0.39, 0.29) is 5.91 Å². The van der Waals surface area contributed by atoms with Crippen molar-refractivity contribution >= 4 is 5.91 Å². The normalized spacial score (nSPS) is 13.3. The first-order chi connectivity index (χ1) is 14.7. The average Bonchev–Trinajstić information content (AvgIpc) is 2.79. The Kier molecular flexibility index (Phi) is 8.19. The van der Waals surface area contributed by atoms with Crippen molar-refractivity contribution in [2.75, 3.05) is 20.3 Å². The van der Waals surface area contributed by atoms with Crippen LogP contribution in [0.5, 0.6) is 17.2 Å². The zero-order valence-electron chi connectivity index (χ0n) is 17.9. The third-order valence-electron chi connectivity index (χ3n) is 5.17. The van der Waals surface area contributed by atoms with Crippen LogP contribution in [0.15, 0.2) is 54.1 Å².